The molecule has 92 valence electrons. The molecule has 2 aromatic rings. The molecule has 1 aromatic heterocycles. The van der Waals surface area contributed by atoms with E-state index >= 15 is 0 Å². The van der Waals surface area contributed by atoms with E-state index in [-0.39, 0.29) is 11.8 Å². The summed E-state index contributed by atoms with van der Waals surface area (Å²) in [6, 6.07) is 5.95. The van der Waals surface area contributed by atoms with Gasteiger partial charge in [-0.2, -0.15) is 0 Å². The molecule has 0 amide bonds. The van der Waals surface area contributed by atoms with Crippen molar-refractivity contribution in [2.24, 2.45) is 12.8 Å². The van der Waals surface area contributed by atoms with Gasteiger partial charge in [-0.25, -0.2) is 4.79 Å². The smallest absolute Gasteiger partial charge is 0.408 e. The molecular weight excluding hydrogens is 218 g/mol. The van der Waals surface area contributed by atoms with E-state index in [0.29, 0.717) is 12.1 Å². The summed E-state index contributed by atoms with van der Waals surface area (Å²) in [5.41, 5.74) is 8.02. The van der Waals surface area contributed by atoms with E-state index in [1.54, 1.807) is 7.05 Å². The van der Waals surface area contributed by atoms with Gasteiger partial charge in [0.1, 0.15) is 0 Å². The highest BCUT2D eigenvalue weighted by Crippen LogP contribution is 2.21. The Morgan fingerprint density at radius 3 is 2.88 bits per heavy atom. The highest BCUT2D eigenvalue weighted by Gasteiger charge is 2.11. The first-order chi connectivity index (χ1) is 8.04. The van der Waals surface area contributed by atoms with Crippen molar-refractivity contribution in [1.29, 1.82) is 0 Å². The maximum absolute atomic E-state index is 11.4. The molecule has 0 radical (unpaired) electrons. The summed E-state index contributed by atoms with van der Waals surface area (Å²) in [7, 11) is 3.67. The topological polar surface area (TPSA) is 64.4 Å². The lowest BCUT2D eigenvalue weighted by molar-refractivity contribution is 0.528. The highest BCUT2D eigenvalue weighted by molar-refractivity contribution is 5.77. The van der Waals surface area contributed by atoms with Gasteiger partial charge in [0.2, 0.25) is 0 Å². The van der Waals surface area contributed by atoms with Gasteiger partial charge in [-0.1, -0.05) is 0 Å². The lowest BCUT2D eigenvalue weighted by atomic mass is 10.2. The van der Waals surface area contributed by atoms with Crippen LogP contribution in [0.3, 0.4) is 0 Å². The van der Waals surface area contributed by atoms with Crippen molar-refractivity contribution in [2.45, 2.75) is 13.0 Å². The van der Waals surface area contributed by atoms with E-state index in [2.05, 4.69) is 4.90 Å². The number of anilines is 1. The van der Waals surface area contributed by atoms with Gasteiger partial charge in [-0.05, 0) is 19.1 Å². The second-order valence-electron chi connectivity index (χ2n) is 4.27. The van der Waals surface area contributed by atoms with Crippen LogP contribution in [0.2, 0.25) is 0 Å². The molecule has 0 aliphatic rings. The first-order valence-electron chi connectivity index (χ1n) is 5.57. The molecule has 1 heterocycles. The average Bonchev–Trinajstić information content (AvgIpc) is 2.62. The number of likely N-dealkylation sites (N-methyl/N-ethyl adjacent to an activating group) is 1. The van der Waals surface area contributed by atoms with Crippen LogP contribution in [0.15, 0.2) is 27.4 Å². The van der Waals surface area contributed by atoms with Gasteiger partial charge >= 0.3 is 5.76 Å². The zero-order valence-electron chi connectivity index (χ0n) is 10.3. The first kappa shape index (κ1) is 11.7. The maximum atomic E-state index is 11.4. The lowest BCUT2D eigenvalue weighted by Crippen LogP contribution is -2.35. The Morgan fingerprint density at radius 1 is 1.53 bits per heavy atom. The van der Waals surface area contributed by atoms with E-state index in [1.165, 1.54) is 4.57 Å². The van der Waals surface area contributed by atoms with E-state index < -0.39 is 0 Å². The Labute approximate surface area is 99.4 Å². The largest absolute Gasteiger partial charge is 0.419 e. The van der Waals surface area contributed by atoms with E-state index in [4.69, 9.17) is 10.2 Å². The van der Waals surface area contributed by atoms with Crippen molar-refractivity contribution in [3.63, 3.8) is 0 Å². The minimum absolute atomic E-state index is 0.239. The van der Waals surface area contributed by atoms with Gasteiger partial charge in [0.15, 0.2) is 5.58 Å². The monoisotopic (exact) mass is 235 g/mol. The fraction of sp³-hybridized carbons (Fsp3) is 0.417. The summed E-state index contributed by atoms with van der Waals surface area (Å²) in [6.07, 6.45) is 0. The molecular formula is C12H17N3O2. The van der Waals surface area contributed by atoms with Crippen molar-refractivity contribution in [2.75, 3.05) is 18.5 Å². The molecule has 0 fully saturated rings. The molecule has 0 saturated heterocycles. The van der Waals surface area contributed by atoms with Gasteiger partial charge in [0.05, 0.1) is 5.52 Å². The number of rotatable bonds is 3. The zero-order valence-corrected chi connectivity index (χ0v) is 10.3. The highest BCUT2D eigenvalue weighted by atomic mass is 16.4. The first-order valence-corrected chi connectivity index (χ1v) is 5.57. The van der Waals surface area contributed by atoms with Gasteiger partial charge in [-0.15, -0.1) is 0 Å². The standard InChI is InChI=1S/C12H17N3O2/c1-8(7-13)14(2)9-4-5-10-11(6-9)17-12(16)15(10)3/h4-6,8H,7,13H2,1-3H3. The molecule has 2 rings (SSSR count). The number of oxazole rings is 1. The molecule has 0 spiro atoms. The number of aromatic nitrogens is 1. The number of hydrogen-bond donors (Lipinski definition) is 1. The molecule has 5 nitrogen and oxygen atoms in total. The molecule has 2 N–H and O–H groups in total. The van der Waals surface area contributed by atoms with Crippen LogP contribution < -0.4 is 16.4 Å². The Hall–Kier alpha value is -1.75. The number of benzene rings is 1. The second-order valence-corrected chi connectivity index (χ2v) is 4.27. The zero-order chi connectivity index (χ0) is 12.6. The quantitative estimate of drug-likeness (QED) is 0.859. The molecule has 1 atom stereocenters. The van der Waals surface area contributed by atoms with E-state index in [9.17, 15) is 4.79 Å². The Bertz CT molecular complexity index is 585. The lowest BCUT2D eigenvalue weighted by Gasteiger charge is -2.25. The van der Waals surface area contributed by atoms with Crippen LogP contribution >= 0.6 is 0 Å². The molecule has 5 heteroatoms. The van der Waals surface area contributed by atoms with Crippen molar-refractivity contribution < 1.29 is 4.42 Å². The van der Waals surface area contributed by atoms with E-state index in [0.717, 1.165) is 11.2 Å². The SMILES string of the molecule is CC(CN)N(C)c1ccc2c(c1)oc(=O)n2C. The third-order valence-electron chi connectivity index (χ3n) is 3.19. The minimum atomic E-state index is -0.341. The van der Waals surface area contributed by atoms with E-state index in [1.807, 2.05) is 32.2 Å². The van der Waals surface area contributed by atoms with Gasteiger partial charge < -0.3 is 15.1 Å². The number of aryl methyl sites for hydroxylation is 1. The molecule has 17 heavy (non-hydrogen) atoms. The molecule has 1 unspecified atom stereocenters. The Balaban J connectivity index is 2.48. The summed E-state index contributed by atoms with van der Waals surface area (Å²) in [5.74, 6) is -0.341. The fourth-order valence-electron chi connectivity index (χ4n) is 1.75. The van der Waals surface area contributed by atoms with Gasteiger partial charge in [0, 0.05) is 38.4 Å². The predicted molar refractivity (Wildman–Crippen MR) is 68.4 cm³/mol. The van der Waals surface area contributed by atoms with Crippen LogP contribution in [-0.2, 0) is 7.05 Å². The third kappa shape index (κ3) is 1.93. The minimum Gasteiger partial charge on any atom is -0.408 e. The summed E-state index contributed by atoms with van der Waals surface area (Å²) in [4.78, 5) is 13.4. The Kier molecular flexibility index (Phi) is 2.93. The van der Waals surface area contributed by atoms with Gasteiger partial charge in [0.25, 0.3) is 0 Å². The van der Waals surface area contributed by atoms with Crippen LogP contribution in [0, 0.1) is 0 Å². The summed E-state index contributed by atoms with van der Waals surface area (Å²) < 4.78 is 6.64. The molecule has 0 aliphatic carbocycles. The normalized spacial score (nSPS) is 12.9. The summed E-state index contributed by atoms with van der Waals surface area (Å²) in [5, 5.41) is 0. The predicted octanol–water partition coefficient (Wildman–Crippen LogP) is 0.915. The van der Waals surface area contributed by atoms with Crippen molar-refractivity contribution in [3.8, 4) is 0 Å². The van der Waals surface area contributed by atoms with Crippen LogP contribution in [0.4, 0.5) is 5.69 Å². The van der Waals surface area contributed by atoms with Crippen LogP contribution in [0.5, 0.6) is 0 Å². The number of hydrogen-bond acceptors (Lipinski definition) is 4. The summed E-state index contributed by atoms with van der Waals surface area (Å²) in [6.45, 7) is 2.62. The molecule has 1 aromatic carbocycles. The van der Waals surface area contributed by atoms with Crippen molar-refractivity contribution >= 4 is 16.8 Å². The Morgan fingerprint density at radius 2 is 2.24 bits per heavy atom. The van der Waals surface area contributed by atoms with Crippen LogP contribution in [0.25, 0.3) is 11.1 Å². The number of fused-ring (bicyclic) bond motifs is 1. The molecule has 0 bridgehead atoms. The molecule has 0 aliphatic heterocycles. The van der Waals surface area contributed by atoms with Gasteiger partial charge in [-0.3, -0.25) is 4.57 Å². The summed E-state index contributed by atoms with van der Waals surface area (Å²) >= 11 is 0. The second kappa shape index (κ2) is 4.25. The van der Waals surface area contributed by atoms with Crippen molar-refractivity contribution in [1.82, 2.24) is 4.57 Å². The molecule has 0 saturated carbocycles. The van der Waals surface area contributed by atoms with Crippen LogP contribution in [0.1, 0.15) is 6.92 Å². The number of nitrogens with zero attached hydrogens (tertiary/aromatic N) is 2. The van der Waals surface area contributed by atoms with Crippen LogP contribution in [-0.4, -0.2) is 24.2 Å². The van der Waals surface area contributed by atoms with Crippen molar-refractivity contribution in [3.05, 3.63) is 28.7 Å². The average molecular weight is 235 g/mol. The number of nitrogens with two attached hydrogens (primary N) is 1. The fourth-order valence-corrected chi connectivity index (χ4v) is 1.75. The third-order valence-corrected chi connectivity index (χ3v) is 3.19. The maximum Gasteiger partial charge on any atom is 0.419 e.